The predicted molar refractivity (Wildman–Crippen MR) is 76.2 cm³/mol. The number of nitrogens with one attached hydrogen (secondary N) is 2. The molecule has 1 aromatic rings. The van der Waals surface area contributed by atoms with Gasteiger partial charge < -0.3 is 5.32 Å². The largest absolute Gasteiger partial charge is 0.352 e. The predicted octanol–water partition coefficient (Wildman–Crippen LogP) is 1.72. The lowest BCUT2D eigenvalue weighted by Crippen LogP contribution is -2.28. The van der Waals surface area contributed by atoms with Gasteiger partial charge in [0.05, 0.1) is 6.26 Å². The first-order chi connectivity index (χ1) is 8.81. The standard InChI is InChI=1S/C13H20N2O3S/c1-4-10(2)13(16)14-9-11-6-5-7-12(8-11)15-19(3,17)18/h5-8,10,15H,4,9H2,1-3H3,(H,14,16)/t10-/m1/s1. The van der Waals surface area contributed by atoms with E-state index in [9.17, 15) is 13.2 Å². The molecule has 106 valence electrons. The molecule has 1 atom stereocenters. The number of benzene rings is 1. The van der Waals surface area contributed by atoms with Crippen LogP contribution >= 0.6 is 0 Å². The van der Waals surface area contributed by atoms with Gasteiger partial charge >= 0.3 is 0 Å². The van der Waals surface area contributed by atoms with Gasteiger partial charge in [-0.15, -0.1) is 0 Å². The van der Waals surface area contributed by atoms with Gasteiger partial charge in [-0.05, 0) is 24.1 Å². The van der Waals surface area contributed by atoms with Crippen LogP contribution in [0.25, 0.3) is 0 Å². The van der Waals surface area contributed by atoms with Crippen LogP contribution in [0.4, 0.5) is 5.69 Å². The van der Waals surface area contributed by atoms with E-state index < -0.39 is 10.0 Å². The molecule has 0 unspecified atom stereocenters. The minimum atomic E-state index is -3.28. The first kappa shape index (κ1) is 15.5. The van der Waals surface area contributed by atoms with E-state index in [2.05, 4.69) is 10.0 Å². The summed E-state index contributed by atoms with van der Waals surface area (Å²) in [5, 5.41) is 2.82. The molecule has 1 aromatic carbocycles. The van der Waals surface area contributed by atoms with Gasteiger partial charge in [-0.1, -0.05) is 26.0 Å². The molecule has 0 spiro atoms. The third kappa shape index (κ3) is 5.74. The van der Waals surface area contributed by atoms with Crippen LogP contribution in [0, 0.1) is 5.92 Å². The van der Waals surface area contributed by atoms with Gasteiger partial charge in [0, 0.05) is 18.2 Å². The van der Waals surface area contributed by atoms with Gasteiger partial charge in [-0.3, -0.25) is 9.52 Å². The van der Waals surface area contributed by atoms with E-state index in [4.69, 9.17) is 0 Å². The molecule has 0 fully saturated rings. The van der Waals surface area contributed by atoms with Crippen LogP contribution in [-0.4, -0.2) is 20.6 Å². The van der Waals surface area contributed by atoms with Crippen molar-refractivity contribution in [1.29, 1.82) is 0 Å². The molecule has 0 bridgehead atoms. The quantitative estimate of drug-likeness (QED) is 0.835. The van der Waals surface area contributed by atoms with E-state index in [1.54, 1.807) is 18.2 Å². The van der Waals surface area contributed by atoms with Gasteiger partial charge in [-0.25, -0.2) is 8.42 Å². The molecular weight excluding hydrogens is 264 g/mol. The molecule has 0 aliphatic rings. The van der Waals surface area contributed by atoms with E-state index in [1.807, 2.05) is 19.9 Å². The third-order valence-electron chi connectivity index (χ3n) is 2.76. The van der Waals surface area contributed by atoms with Crippen molar-refractivity contribution in [1.82, 2.24) is 5.32 Å². The highest BCUT2D eigenvalue weighted by Crippen LogP contribution is 2.12. The molecule has 0 saturated heterocycles. The summed E-state index contributed by atoms with van der Waals surface area (Å²) < 4.78 is 24.7. The Balaban J connectivity index is 2.65. The summed E-state index contributed by atoms with van der Waals surface area (Å²) in [5.41, 5.74) is 1.35. The Bertz CT molecular complexity index is 541. The van der Waals surface area contributed by atoms with Gasteiger partial charge in [-0.2, -0.15) is 0 Å². The van der Waals surface area contributed by atoms with Crippen molar-refractivity contribution in [3.8, 4) is 0 Å². The number of carbonyl (C=O) groups excluding carboxylic acids is 1. The van der Waals surface area contributed by atoms with Gasteiger partial charge in [0.15, 0.2) is 0 Å². The third-order valence-corrected chi connectivity index (χ3v) is 3.36. The smallest absolute Gasteiger partial charge is 0.229 e. The zero-order valence-corrected chi connectivity index (χ0v) is 12.3. The molecule has 0 radical (unpaired) electrons. The van der Waals surface area contributed by atoms with E-state index >= 15 is 0 Å². The second-order valence-corrected chi connectivity index (χ2v) is 6.35. The topological polar surface area (TPSA) is 75.3 Å². The maximum Gasteiger partial charge on any atom is 0.229 e. The summed E-state index contributed by atoms with van der Waals surface area (Å²) in [4.78, 5) is 11.6. The molecule has 0 aromatic heterocycles. The van der Waals surface area contributed by atoms with Crippen LogP contribution < -0.4 is 10.0 Å². The zero-order chi connectivity index (χ0) is 14.5. The lowest BCUT2D eigenvalue weighted by Gasteiger charge is -2.11. The first-order valence-electron chi connectivity index (χ1n) is 6.16. The van der Waals surface area contributed by atoms with E-state index in [-0.39, 0.29) is 11.8 Å². The number of sulfonamides is 1. The number of hydrogen-bond acceptors (Lipinski definition) is 3. The fraction of sp³-hybridized carbons (Fsp3) is 0.462. The summed E-state index contributed by atoms with van der Waals surface area (Å²) >= 11 is 0. The average molecular weight is 284 g/mol. The van der Waals surface area contributed by atoms with Crippen LogP contribution in [-0.2, 0) is 21.4 Å². The molecule has 19 heavy (non-hydrogen) atoms. The summed E-state index contributed by atoms with van der Waals surface area (Å²) in [6.07, 6.45) is 1.89. The summed E-state index contributed by atoms with van der Waals surface area (Å²) in [6.45, 7) is 4.22. The monoisotopic (exact) mass is 284 g/mol. The second kappa shape index (κ2) is 6.56. The summed E-state index contributed by atoms with van der Waals surface area (Å²) in [6, 6.07) is 6.96. The van der Waals surface area contributed by atoms with Crippen LogP contribution in [0.5, 0.6) is 0 Å². The molecule has 2 N–H and O–H groups in total. The first-order valence-corrected chi connectivity index (χ1v) is 8.05. The van der Waals surface area contributed by atoms with Crippen LogP contribution in [0.15, 0.2) is 24.3 Å². The number of amides is 1. The van der Waals surface area contributed by atoms with Crippen LogP contribution in [0.3, 0.4) is 0 Å². The fourth-order valence-electron chi connectivity index (χ4n) is 1.51. The summed E-state index contributed by atoms with van der Waals surface area (Å²) in [7, 11) is -3.28. The molecular formula is C13H20N2O3S. The minimum Gasteiger partial charge on any atom is -0.352 e. The van der Waals surface area contributed by atoms with Gasteiger partial charge in [0.25, 0.3) is 0 Å². The van der Waals surface area contributed by atoms with Crippen LogP contribution in [0.2, 0.25) is 0 Å². The molecule has 0 heterocycles. The Labute approximate surface area is 114 Å². The Morgan fingerprint density at radius 3 is 2.63 bits per heavy atom. The number of hydrogen-bond donors (Lipinski definition) is 2. The average Bonchev–Trinajstić information content (AvgIpc) is 2.33. The van der Waals surface area contributed by atoms with Crippen molar-refractivity contribution in [3.05, 3.63) is 29.8 Å². The molecule has 1 amide bonds. The number of carbonyl (C=O) groups is 1. The maximum absolute atomic E-state index is 11.6. The summed E-state index contributed by atoms with van der Waals surface area (Å²) in [5.74, 6) is -0.0127. The Morgan fingerprint density at radius 1 is 1.37 bits per heavy atom. The molecule has 6 heteroatoms. The Morgan fingerprint density at radius 2 is 2.05 bits per heavy atom. The molecule has 1 rings (SSSR count). The highest BCUT2D eigenvalue weighted by atomic mass is 32.2. The number of rotatable bonds is 6. The van der Waals surface area contributed by atoms with Crippen LogP contribution in [0.1, 0.15) is 25.8 Å². The maximum atomic E-state index is 11.6. The molecule has 0 saturated carbocycles. The number of anilines is 1. The Kier molecular flexibility index (Phi) is 5.35. The van der Waals surface area contributed by atoms with E-state index in [1.165, 1.54) is 0 Å². The highest BCUT2D eigenvalue weighted by molar-refractivity contribution is 7.92. The highest BCUT2D eigenvalue weighted by Gasteiger charge is 2.09. The zero-order valence-electron chi connectivity index (χ0n) is 11.4. The van der Waals surface area contributed by atoms with Crippen molar-refractivity contribution in [2.45, 2.75) is 26.8 Å². The Hall–Kier alpha value is -1.56. The van der Waals surface area contributed by atoms with Crippen molar-refractivity contribution in [2.24, 2.45) is 5.92 Å². The molecule has 0 aliphatic carbocycles. The van der Waals surface area contributed by atoms with Crippen molar-refractivity contribution < 1.29 is 13.2 Å². The van der Waals surface area contributed by atoms with Crippen molar-refractivity contribution >= 4 is 21.6 Å². The lowest BCUT2D eigenvalue weighted by molar-refractivity contribution is -0.124. The van der Waals surface area contributed by atoms with Crippen molar-refractivity contribution in [3.63, 3.8) is 0 Å². The SMILES string of the molecule is CC[C@@H](C)C(=O)NCc1cccc(NS(C)(=O)=O)c1. The minimum absolute atomic E-state index is 0.00368. The lowest BCUT2D eigenvalue weighted by atomic mass is 10.1. The van der Waals surface area contributed by atoms with Gasteiger partial charge in [0.1, 0.15) is 0 Å². The molecule has 5 nitrogen and oxygen atoms in total. The van der Waals surface area contributed by atoms with Crippen molar-refractivity contribution in [2.75, 3.05) is 11.0 Å². The van der Waals surface area contributed by atoms with Gasteiger partial charge in [0.2, 0.25) is 15.9 Å². The normalized spacial score (nSPS) is 12.8. The fourth-order valence-corrected chi connectivity index (χ4v) is 2.06. The second-order valence-electron chi connectivity index (χ2n) is 4.60. The molecule has 0 aliphatic heterocycles. The van der Waals surface area contributed by atoms with E-state index in [0.717, 1.165) is 18.2 Å². The van der Waals surface area contributed by atoms with E-state index in [0.29, 0.717) is 12.2 Å².